The zero-order valence-corrected chi connectivity index (χ0v) is 16.6. The second kappa shape index (κ2) is 12.3. The first-order chi connectivity index (χ1) is 11.5. The quantitative estimate of drug-likeness (QED) is 0.266. The molecule has 1 aliphatic heterocycles. The van der Waals surface area contributed by atoms with E-state index in [2.05, 4.69) is 6.92 Å². The molecule has 0 amide bonds. The third-order valence-corrected chi connectivity index (χ3v) is 5.18. The lowest BCUT2D eigenvalue weighted by Gasteiger charge is -2.20. The van der Waals surface area contributed by atoms with Gasteiger partial charge in [0.15, 0.2) is 5.79 Å². The van der Waals surface area contributed by atoms with E-state index < -0.39 is 5.79 Å². The monoisotopic (exact) mass is 342 g/mol. The molecule has 2 atom stereocenters. The van der Waals surface area contributed by atoms with E-state index in [4.69, 9.17) is 9.78 Å². The summed E-state index contributed by atoms with van der Waals surface area (Å²) < 4.78 is 0. The first-order valence-electron chi connectivity index (χ1n) is 10.6. The minimum atomic E-state index is -1.11. The van der Waals surface area contributed by atoms with Crippen LogP contribution >= 0.6 is 0 Å². The van der Waals surface area contributed by atoms with Crippen LogP contribution in [0.1, 0.15) is 124 Å². The molecule has 1 rings (SSSR count). The molecule has 1 aliphatic rings. The smallest absolute Gasteiger partial charge is 0.199 e. The molecule has 0 aromatic heterocycles. The van der Waals surface area contributed by atoms with Gasteiger partial charge in [-0.25, -0.2) is 9.78 Å². The third-order valence-electron chi connectivity index (χ3n) is 5.18. The molecule has 1 fully saturated rings. The van der Waals surface area contributed by atoms with Gasteiger partial charge >= 0.3 is 0 Å². The lowest BCUT2D eigenvalue weighted by atomic mass is 9.91. The highest BCUT2D eigenvalue weighted by Crippen LogP contribution is 2.37. The molecule has 0 radical (unpaired) electrons. The molecular formula is C21H42O3. The van der Waals surface area contributed by atoms with Crippen LogP contribution in [0, 0.1) is 0 Å². The summed E-state index contributed by atoms with van der Waals surface area (Å²) in [6.07, 6.45) is 20.8. The van der Waals surface area contributed by atoms with Crippen LogP contribution in [0.2, 0.25) is 0 Å². The van der Waals surface area contributed by atoms with Crippen LogP contribution in [-0.2, 0) is 9.78 Å². The maximum Gasteiger partial charge on any atom is 0.199 e. The van der Waals surface area contributed by atoms with Crippen molar-refractivity contribution in [2.24, 2.45) is 0 Å². The van der Waals surface area contributed by atoms with Gasteiger partial charge in [-0.1, -0.05) is 96.8 Å². The van der Waals surface area contributed by atoms with E-state index >= 15 is 0 Å². The standard InChI is InChI=1S/C21H42O3/c1-4-5-6-7-8-9-10-11-12-13-14-15-16-17-18-20(2)19-21(3,22)24-23-20/h22H,4-19H2,1-3H3/t20-,21?/m0/s1. The van der Waals surface area contributed by atoms with Crippen molar-refractivity contribution in [1.82, 2.24) is 0 Å². The topological polar surface area (TPSA) is 38.7 Å². The number of hydrogen-bond donors (Lipinski definition) is 1. The predicted molar refractivity (Wildman–Crippen MR) is 101 cm³/mol. The van der Waals surface area contributed by atoms with E-state index in [1.165, 1.54) is 83.5 Å². The van der Waals surface area contributed by atoms with Crippen molar-refractivity contribution >= 4 is 0 Å². The zero-order chi connectivity index (χ0) is 17.7. The minimum absolute atomic E-state index is 0.305. The fourth-order valence-electron chi connectivity index (χ4n) is 3.77. The van der Waals surface area contributed by atoms with Gasteiger partial charge in [0.2, 0.25) is 0 Å². The second-order valence-corrected chi connectivity index (χ2v) is 8.31. The molecule has 0 spiro atoms. The number of hydrogen-bond acceptors (Lipinski definition) is 3. The average molecular weight is 343 g/mol. The fraction of sp³-hybridized carbons (Fsp3) is 1.00. The van der Waals surface area contributed by atoms with Crippen LogP contribution in [0.25, 0.3) is 0 Å². The van der Waals surface area contributed by atoms with E-state index in [1.54, 1.807) is 6.92 Å². The second-order valence-electron chi connectivity index (χ2n) is 8.31. The van der Waals surface area contributed by atoms with Crippen LogP contribution in [0.4, 0.5) is 0 Å². The Labute approximate surface area is 150 Å². The summed E-state index contributed by atoms with van der Waals surface area (Å²) in [6, 6.07) is 0. The Balaban J connectivity index is 1.80. The molecule has 1 saturated heterocycles. The predicted octanol–water partition coefficient (Wildman–Crippen LogP) is 6.68. The van der Waals surface area contributed by atoms with E-state index in [0.717, 1.165) is 12.8 Å². The van der Waals surface area contributed by atoms with Crippen molar-refractivity contribution in [2.45, 2.75) is 135 Å². The van der Waals surface area contributed by atoms with Crippen LogP contribution in [0.5, 0.6) is 0 Å². The summed E-state index contributed by atoms with van der Waals surface area (Å²) in [5, 5.41) is 9.80. The summed E-state index contributed by atoms with van der Waals surface area (Å²) in [5.41, 5.74) is -0.305. The maximum absolute atomic E-state index is 9.80. The lowest BCUT2D eigenvalue weighted by Crippen LogP contribution is -2.27. The number of rotatable bonds is 15. The Morgan fingerprint density at radius 1 is 0.667 bits per heavy atom. The van der Waals surface area contributed by atoms with Crippen LogP contribution in [-0.4, -0.2) is 16.5 Å². The van der Waals surface area contributed by atoms with E-state index in [-0.39, 0.29) is 5.60 Å². The van der Waals surface area contributed by atoms with Gasteiger partial charge < -0.3 is 5.11 Å². The van der Waals surface area contributed by atoms with Crippen molar-refractivity contribution < 1.29 is 14.9 Å². The molecule has 24 heavy (non-hydrogen) atoms. The lowest BCUT2D eigenvalue weighted by molar-refractivity contribution is -0.387. The van der Waals surface area contributed by atoms with Crippen LogP contribution < -0.4 is 0 Å². The van der Waals surface area contributed by atoms with E-state index in [1.807, 2.05) is 6.92 Å². The first kappa shape index (κ1) is 21.9. The molecule has 1 unspecified atom stereocenters. The van der Waals surface area contributed by atoms with Gasteiger partial charge in [0, 0.05) is 6.42 Å². The molecule has 0 aromatic carbocycles. The fourth-order valence-corrected chi connectivity index (χ4v) is 3.77. The molecule has 0 saturated carbocycles. The largest absolute Gasteiger partial charge is 0.363 e. The Kier molecular flexibility index (Phi) is 11.2. The summed E-state index contributed by atoms with van der Waals surface area (Å²) >= 11 is 0. The van der Waals surface area contributed by atoms with Gasteiger partial charge in [-0.3, -0.25) is 0 Å². The number of aliphatic hydroxyl groups is 1. The molecule has 3 nitrogen and oxygen atoms in total. The molecule has 144 valence electrons. The van der Waals surface area contributed by atoms with Crippen molar-refractivity contribution in [3.63, 3.8) is 0 Å². The SMILES string of the molecule is CCCCCCCCCCCCCCCC[C@@]1(C)CC(C)(O)OO1. The average Bonchev–Trinajstić information content (AvgIpc) is 2.81. The maximum atomic E-state index is 9.80. The van der Waals surface area contributed by atoms with Crippen molar-refractivity contribution in [1.29, 1.82) is 0 Å². The van der Waals surface area contributed by atoms with Gasteiger partial charge in [0.25, 0.3) is 0 Å². The number of unbranched alkanes of at least 4 members (excludes halogenated alkanes) is 13. The Morgan fingerprint density at radius 2 is 1.08 bits per heavy atom. The normalized spacial score (nSPS) is 27.0. The van der Waals surface area contributed by atoms with Crippen LogP contribution in [0.3, 0.4) is 0 Å². The van der Waals surface area contributed by atoms with E-state index in [0.29, 0.717) is 6.42 Å². The highest BCUT2D eigenvalue weighted by molar-refractivity contribution is 4.83. The molecule has 1 N–H and O–H groups in total. The Bertz CT molecular complexity index is 303. The highest BCUT2D eigenvalue weighted by Gasteiger charge is 2.44. The Morgan fingerprint density at radius 3 is 1.46 bits per heavy atom. The molecule has 1 heterocycles. The van der Waals surface area contributed by atoms with Gasteiger partial charge in [0.1, 0.15) is 5.60 Å². The Hall–Kier alpha value is -0.120. The van der Waals surface area contributed by atoms with Gasteiger partial charge in [-0.05, 0) is 20.3 Å². The van der Waals surface area contributed by atoms with Crippen molar-refractivity contribution in [3.8, 4) is 0 Å². The van der Waals surface area contributed by atoms with Crippen molar-refractivity contribution in [3.05, 3.63) is 0 Å². The third kappa shape index (κ3) is 10.7. The first-order valence-corrected chi connectivity index (χ1v) is 10.6. The zero-order valence-electron chi connectivity index (χ0n) is 16.6. The summed E-state index contributed by atoms with van der Waals surface area (Å²) in [7, 11) is 0. The molecular weight excluding hydrogens is 300 g/mol. The highest BCUT2D eigenvalue weighted by atomic mass is 17.2. The van der Waals surface area contributed by atoms with Crippen LogP contribution in [0.15, 0.2) is 0 Å². The van der Waals surface area contributed by atoms with Gasteiger partial charge in [-0.15, -0.1) is 0 Å². The van der Waals surface area contributed by atoms with Gasteiger partial charge in [-0.2, -0.15) is 0 Å². The summed E-state index contributed by atoms with van der Waals surface area (Å²) in [5.74, 6) is -1.11. The minimum Gasteiger partial charge on any atom is -0.363 e. The summed E-state index contributed by atoms with van der Waals surface area (Å²) in [4.78, 5) is 10.3. The molecule has 0 bridgehead atoms. The van der Waals surface area contributed by atoms with E-state index in [9.17, 15) is 5.11 Å². The van der Waals surface area contributed by atoms with Crippen molar-refractivity contribution in [2.75, 3.05) is 0 Å². The molecule has 0 aromatic rings. The van der Waals surface area contributed by atoms with Gasteiger partial charge in [0.05, 0.1) is 0 Å². The molecule has 3 heteroatoms. The molecule has 0 aliphatic carbocycles. The summed E-state index contributed by atoms with van der Waals surface area (Å²) in [6.45, 7) is 5.99.